The fourth-order valence-electron chi connectivity index (χ4n) is 1.94. The summed E-state index contributed by atoms with van der Waals surface area (Å²) in [7, 11) is 0. The molecule has 0 saturated carbocycles. The van der Waals surface area contributed by atoms with E-state index < -0.39 is 11.9 Å². The predicted molar refractivity (Wildman–Crippen MR) is 79.6 cm³/mol. The van der Waals surface area contributed by atoms with E-state index in [4.69, 9.17) is 16.3 Å². The first-order valence-electron chi connectivity index (χ1n) is 6.92. The summed E-state index contributed by atoms with van der Waals surface area (Å²) in [6.07, 6.45) is 3.20. The first kappa shape index (κ1) is 16.7. The van der Waals surface area contributed by atoms with Gasteiger partial charge in [0, 0.05) is 5.88 Å². The quantitative estimate of drug-likeness (QED) is 0.302. The highest BCUT2D eigenvalue weighted by Gasteiger charge is 2.24. The first-order valence-corrected chi connectivity index (χ1v) is 7.45. The number of alkyl halides is 1. The highest BCUT2D eigenvalue weighted by atomic mass is 35.5. The van der Waals surface area contributed by atoms with Gasteiger partial charge in [0.1, 0.15) is 18.3 Å². The highest BCUT2D eigenvalue weighted by Crippen LogP contribution is 2.14. The Morgan fingerprint density at radius 2 is 1.85 bits per heavy atom. The SMILES string of the molecule is CC(=O)C(CCCCCCl)C(=O)OCc1ccccc1. The van der Waals surface area contributed by atoms with Gasteiger partial charge < -0.3 is 4.74 Å². The number of Topliss-reactive ketones (excluding diaryl/α,β-unsaturated/α-hetero) is 1. The highest BCUT2D eigenvalue weighted by molar-refractivity contribution is 6.17. The number of hydrogen-bond acceptors (Lipinski definition) is 3. The standard InChI is InChI=1S/C16H21ClO3/c1-13(18)15(10-6-3-7-11-17)16(19)20-12-14-8-4-2-5-9-14/h2,4-5,8-9,15H,3,6-7,10-12H2,1H3. The van der Waals surface area contributed by atoms with Gasteiger partial charge in [-0.1, -0.05) is 43.2 Å². The lowest BCUT2D eigenvalue weighted by atomic mass is 9.98. The van der Waals surface area contributed by atoms with Gasteiger partial charge in [0.25, 0.3) is 0 Å². The van der Waals surface area contributed by atoms with Crippen molar-refractivity contribution in [1.82, 2.24) is 0 Å². The summed E-state index contributed by atoms with van der Waals surface area (Å²) < 4.78 is 5.22. The smallest absolute Gasteiger partial charge is 0.316 e. The van der Waals surface area contributed by atoms with Gasteiger partial charge in [-0.15, -0.1) is 11.6 Å². The van der Waals surface area contributed by atoms with Crippen molar-refractivity contribution in [2.24, 2.45) is 5.92 Å². The predicted octanol–water partition coefficient (Wildman–Crippen LogP) is 3.73. The van der Waals surface area contributed by atoms with Crippen LogP contribution < -0.4 is 0 Å². The lowest BCUT2D eigenvalue weighted by Crippen LogP contribution is -2.24. The van der Waals surface area contributed by atoms with Crippen molar-refractivity contribution in [2.45, 2.75) is 39.2 Å². The van der Waals surface area contributed by atoms with Gasteiger partial charge in [-0.05, 0) is 25.3 Å². The molecule has 0 aliphatic heterocycles. The molecule has 0 amide bonds. The Labute approximate surface area is 125 Å². The van der Waals surface area contributed by atoms with Crippen LogP contribution in [0.4, 0.5) is 0 Å². The Morgan fingerprint density at radius 3 is 2.45 bits per heavy atom. The molecule has 0 N–H and O–H groups in total. The van der Waals surface area contributed by atoms with E-state index in [1.165, 1.54) is 6.92 Å². The van der Waals surface area contributed by atoms with Crippen LogP contribution in [0.1, 0.15) is 38.2 Å². The van der Waals surface area contributed by atoms with Crippen LogP contribution in [0.15, 0.2) is 30.3 Å². The summed E-state index contributed by atoms with van der Waals surface area (Å²) in [6, 6.07) is 9.45. The molecule has 0 bridgehead atoms. The zero-order valence-electron chi connectivity index (χ0n) is 11.8. The Kier molecular flexibility index (Phi) is 7.97. The number of halogens is 1. The Morgan fingerprint density at radius 1 is 1.15 bits per heavy atom. The zero-order chi connectivity index (χ0) is 14.8. The van der Waals surface area contributed by atoms with E-state index in [2.05, 4.69) is 0 Å². The molecule has 0 aliphatic rings. The molecule has 0 aliphatic carbocycles. The lowest BCUT2D eigenvalue weighted by molar-refractivity contribution is -0.153. The molecule has 0 saturated heterocycles. The molecule has 0 radical (unpaired) electrons. The molecule has 0 heterocycles. The number of hydrogen-bond donors (Lipinski definition) is 0. The van der Waals surface area contributed by atoms with Crippen molar-refractivity contribution in [3.8, 4) is 0 Å². The van der Waals surface area contributed by atoms with E-state index in [-0.39, 0.29) is 12.4 Å². The topological polar surface area (TPSA) is 43.4 Å². The van der Waals surface area contributed by atoms with Gasteiger partial charge in [0.2, 0.25) is 0 Å². The van der Waals surface area contributed by atoms with Crippen molar-refractivity contribution in [2.75, 3.05) is 5.88 Å². The van der Waals surface area contributed by atoms with Crippen LogP contribution in [0.25, 0.3) is 0 Å². The molecule has 4 heteroatoms. The van der Waals surface area contributed by atoms with Crippen LogP contribution in [0.5, 0.6) is 0 Å². The molecule has 20 heavy (non-hydrogen) atoms. The molecule has 1 rings (SSSR count). The molecule has 1 aromatic carbocycles. The molecule has 1 aromatic rings. The molecular formula is C16H21ClO3. The first-order chi connectivity index (χ1) is 9.65. The van der Waals surface area contributed by atoms with E-state index in [1.807, 2.05) is 30.3 Å². The van der Waals surface area contributed by atoms with Crippen molar-refractivity contribution in [1.29, 1.82) is 0 Å². The molecule has 0 fully saturated rings. The monoisotopic (exact) mass is 296 g/mol. The summed E-state index contributed by atoms with van der Waals surface area (Å²) in [5.41, 5.74) is 0.922. The van der Waals surface area contributed by atoms with Crippen LogP contribution in [-0.4, -0.2) is 17.6 Å². The number of benzene rings is 1. The van der Waals surface area contributed by atoms with Gasteiger partial charge in [0.05, 0.1) is 0 Å². The Bertz CT molecular complexity index is 417. The minimum Gasteiger partial charge on any atom is -0.460 e. The average molecular weight is 297 g/mol. The van der Waals surface area contributed by atoms with Gasteiger partial charge in [-0.2, -0.15) is 0 Å². The van der Waals surface area contributed by atoms with Crippen LogP contribution in [0.2, 0.25) is 0 Å². The normalized spacial score (nSPS) is 11.9. The van der Waals surface area contributed by atoms with Crippen molar-refractivity contribution in [3.63, 3.8) is 0 Å². The van der Waals surface area contributed by atoms with Gasteiger partial charge in [0.15, 0.2) is 0 Å². The zero-order valence-corrected chi connectivity index (χ0v) is 12.6. The van der Waals surface area contributed by atoms with E-state index in [0.717, 1.165) is 24.8 Å². The minimum atomic E-state index is -0.644. The number of esters is 1. The number of ether oxygens (including phenoxy) is 1. The van der Waals surface area contributed by atoms with Crippen LogP contribution >= 0.6 is 11.6 Å². The van der Waals surface area contributed by atoms with Crippen LogP contribution in [0, 0.1) is 5.92 Å². The maximum atomic E-state index is 12.0. The summed E-state index contributed by atoms with van der Waals surface area (Å²) in [5, 5.41) is 0. The number of unbranched alkanes of at least 4 members (excludes halogenated alkanes) is 2. The minimum absolute atomic E-state index is 0.131. The number of ketones is 1. The Balaban J connectivity index is 2.41. The lowest BCUT2D eigenvalue weighted by Gasteiger charge is -2.13. The molecular weight excluding hydrogens is 276 g/mol. The summed E-state index contributed by atoms with van der Waals surface area (Å²) in [6.45, 7) is 1.65. The van der Waals surface area contributed by atoms with E-state index >= 15 is 0 Å². The van der Waals surface area contributed by atoms with Gasteiger partial charge in [-0.3, -0.25) is 9.59 Å². The molecule has 0 aromatic heterocycles. The molecule has 110 valence electrons. The third-order valence-electron chi connectivity index (χ3n) is 3.13. The maximum absolute atomic E-state index is 12.0. The Hall–Kier alpha value is -1.35. The van der Waals surface area contributed by atoms with Gasteiger partial charge in [-0.25, -0.2) is 0 Å². The van der Waals surface area contributed by atoms with Crippen molar-refractivity contribution >= 4 is 23.4 Å². The second-order valence-corrected chi connectivity index (χ2v) is 5.17. The average Bonchev–Trinajstić information content (AvgIpc) is 2.45. The summed E-state index contributed by atoms with van der Waals surface area (Å²) >= 11 is 5.60. The summed E-state index contributed by atoms with van der Waals surface area (Å²) in [4.78, 5) is 23.5. The summed E-state index contributed by atoms with van der Waals surface area (Å²) in [5.74, 6) is -0.585. The second-order valence-electron chi connectivity index (χ2n) is 4.79. The van der Waals surface area contributed by atoms with Crippen LogP contribution in [0.3, 0.4) is 0 Å². The maximum Gasteiger partial charge on any atom is 0.316 e. The molecule has 1 unspecified atom stereocenters. The fourth-order valence-corrected chi connectivity index (χ4v) is 2.13. The second kappa shape index (κ2) is 9.54. The third-order valence-corrected chi connectivity index (χ3v) is 3.39. The third kappa shape index (κ3) is 6.20. The van der Waals surface area contributed by atoms with Gasteiger partial charge >= 0.3 is 5.97 Å². The fraction of sp³-hybridized carbons (Fsp3) is 0.500. The molecule has 1 atom stereocenters. The van der Waals surface area contributed by atoms with E-state index in [0.29, 0.717) is 12.3 Å². The van der Waals surface area contributed by atoms with Crippen molar-refractivity contribution in [3.05, 3.63) is 35.9 Å². The number of carbonyl (C=O) groups is 2. The molecule has 0 spiro atoms. The van der Waals surface area contributed by atoms with E-state index in [1.54, 1.807) is 0 Å². The number of rotatable bonds is 9. The largest absolute Gasteiger partial charge is 0.460 e. The van der Waals surface area contributed by atoms with Crippen LogP contribution in [-0.2, 0) is 20.9 Å². The number of carbonyl (C=O) groups excluding carboxylic acids is 2. The van der Waals surface area contributed by atoms with E-state index in [9.17, 15) is 9.59 Å². The molecule has 3 nitrogen and oxygen atoms in total. The van der Waals surface area contributed by atoms with Crippen molar-refractivity contribution < 1.29 is 14.3 Å².